The van der Waals surface area contributed by atoms with E-state index in [1.807, 2.05) is 6.07 Å². The van der Waals surface area contributed by atoms with Crippen molar-refractivity contribution in [2.24, 2.45) is 0 Å². The Bertz CT molecular complexity index is 567. The fourth-order valence-corrected chi connectivity index (χ4v) is 1.97. The number of benzene rings is 2. The molecule has 2 rings (SSSR count). The minimum atomic E-state index is -0.655. The van der Waals surface area contributed by atoms with Crippen LogP contribution < -0.4 is 4.74 Å². The number of ether oxygens (including phenoxy) is 1. The molecule has 2 aromatic rings. The van der Waals surface area contributed by atoms with Gasteiger partial charge in [-0.2, -0.15) is 0 Å². The van der Waals surface area contributed by atoms with Gasteiger partial charge >= 0.3 is 0 Å². The normalized spacial score (nSPS) is 12.2. The average Bonchev–Trinajstić information content (AvgIpc) is 2.37. The third kappa shape index (κ3) is 3.63. The van der Waals surface area contributed by atoms with Gasteiger partial charge in [0.1, 0.15) is 18.1 Å². The second kappa shape index (κ2) is 5.95. The van der Waals surface area contributed by atoms with E-state index in [0.717, 1.165) is 5.56 Å². The van der Waals surface area contributed by atoms with Crippen LogP contribution in [0.4, 0.5) is 0 Å². The highest BCUT2D eigenvalue weighted by Crippen LogP contribution is 2.29. The Balaban J connectivity index is 2.15. The largest absolute Gasteiger partial charge is 0.508 e. The molecule has 0 aromatic heterocycles. The van der Waals surface area contributed by atoms with E-state index in [4.69, 9.17) is 16.3 Å². The lowest BCUT2D eigenvalue weighted by Gasteiger charge is -2.14. The summed E-state index contributed by atoms with van der Waals surface area (Å²) in [6.07, 6.45) is -0.655. The third-order valence-electron chi connectivity index (χ3n) is 2.73. The highest BCUT2D eigenvalue weighted by atomic mass is 35.5. The average molecular weight is 279 g/mol. The molecule has 100 valence electrons. The molecule has 0 aliphatic heterocycles. The number of halogens is 1. The summed E-state index contributed by atoms with van der Waals surface area (Å²) in [4.78, 5) is 0. The van der Waals surface area contributed by atoms with E-state index in [1.54, 1.807) is 43.3 Å². The van der Waals surface area contributed by atoms with Crippen molar-refractivity contribution >= 4 is 11.6 Å². The van der Waals surface area contributed by atoms with Crippen LogP contribution in [0.3, 0.4) is 0 Å². The van der Waals surface area contributed by atoms with Crippen molar-refractivity contribution in [1.29, 1.82) is 0 Å². The zero-order valence-corrected chi connectivity index (χ0v) is 11.3. The molecule has 4 heteroatoms. The number of hydrogen-bond acceptors (Lipinski definition) is 3. The number of phenols is 1. The van der Waals surface area contributed by atoms with Gasteiger partial charge in [0.25, 0.3) is 0 Å². The van der Waals surface area contributed by atoms with E-state index in [0.29, 0.717) is 22.9 Å². The van der Waals surface area contributed by atoms with Gasteiger partial charge < -0.3 is 14.9 Å². The molecule has 0 bridgehead atoms. The summed E-state index contributed by atoms with van der Waals surface area (Å²) in [5.41, 5.74) is 1.50. The lowest BCUT2D eigenvalue weighted by atomic mass is 10.1. The van der Waals surface area contributed by atoms with E-state index in [2.05, 4.69) is 0 Å². The van der Waals surface area contributed by atoms with Gasteiger partial charge in [0.15, 0.2) is 0 Å². The predicted molar refractivity (Wildman–Crippen MR) is 74.5 cm³/mol. The number of phenolic OH excluding ortho intramolecular Hbond substituents is 1. The molecule has 1 unspecified atom stereocenters. The van der Waals surface area contributed by atoms with Crippen molar-refractivity contribution in [2.45, 2.75) is 19.6 Å². The molecule has 0 heterocycles. The van der Waals surface area contributed by atoms with Crippen LogP contribution in [0.5, 0.6) is 11.5 Å². The van der Waals surface area contributed by atoms with Crippen molar-refractivity contribution in [1.82, 2.24) is 0 Å². The standard InChI is InChI=1S/C15H15ClO3/c1-10(17)14-8-12(16)5-6-15(14)19-9-11-3-2-4-13(18)7-11/h2-8,10,17-18H,9H2,1H3. The molecule has 0 saturated heterocycles. The highest BCUT2D eigenvalue weighted by molar-refractivity contribution is 6.30. The number of hydrogen-bond donors (Lipinski definition) is 2. The van der Waals surface area contributed by atoms with Crippen LogP contribution in [0.1, 0.15) is 24.2 Å². The van der Waals surface area contributed by atoms with Crippen LogP contribution in [-0.4, -0.2) is 10.2 Å². The number of aliphatic hydroxyl groups is 1. The zero-order valence-electron chi connectivity index (χ0n) is 10.5. The number of aromatic hydroxyl groups is 1. The van der Waals surface area contributed by atoms with Crippen molar-refractivity contribution in [3.63, 3.8) is 0 Å². The minimum Gasteiger partial charge on any atom is -0.508 e. The molecule has 2 N–H and O–H groups in total. The van der Waals surface area contributed by atoms with Gasteiger partial charge in [-0.15, -0.1) is 0 Å². The summed E-state index contributed by atoms with van der Waals surface area (Å²) in [5, 5.41) is 19.6. The lowest BCUT2D eigenvalue weighted by Crippen LogP contribution is -2.01. The Hall–Kier alpha value is -1.71. The van der Waals surface area contributed by atoms with Gasteiger partial charge in [0.2, 0.25) is 0 Å². The van der Waals surface area contributed by atoms with Gasteiger partial charge in [0.05, 0.1) is 6.10 Å². The molecular formula is C15H15ClO3. The molecular weight excluding hydrogens is 264 g/mol. The molecule has 0 spiro atoms. The topological polar surface area (TPSA) is 49.7 Å². The van der Waals surface area contributed by atoms with Crippen molar-refractivity contribution < 1.29 is 14.9 Å². The fourth-order valence-electron chi connectivity index (χ4n) is 1.78. The molecule has 0 saturated carbocycles. The van der Waals surface area contributed by atoms with E-state index >= 15 is 0 Å². The molecule has 2 aromatic carbocycles. The SMILES string of the molecule is CC(O)c1cc(Cl)ccc1OCc1cccc(O)c1. The van der Waals surface area contributed by atoms with Crippen LogP contribution in [0, 0.1) is 0 Å². The van der Waals surface area contributed by atoms with Gasteiger partial charge in [-0.3, -0.25) is 0 Å². The monoisotopic (exact) mass is 278 g/mol. The van der Waals surface area contributed by atoms with Gasteiger partial charge in [-0.1, -0.05) is 23.7 Å². The maximum Gasteiger partial charge on any atom is 0.125 e. The second-order valence-electron chi connectivity index (χ2n) is 4.32. The molecule has 19 heavy (non-hydrogen) atoms. The van der Waals surface area contributed by atoms with E-state index in [9.17, 15) is 10.2 Å². The first-order valence-corrected chi connectivity index (χ1v) is 6.32. The number of rotatable bonds is 4. The summed E-state index contributed by atoms with van der Waals surface area (Å²) >= 11 is 5.90. The molecule has 0 aliphatic carbocycles. The summed E-state index contributed by atoms with van der Waals surface area (Å²) < 4.78 is 5.66. The van der Waals surface area contributed by atoms with Crippen LogP contribution >= 0.6 is 11.6 Å². The van der Waals surface area contributed by atoms with E-state index < -0.39 is 6.10 Å². The van der Waals surface area contributed by atoms with Crippen molar-refractivity contribution in [3.05, 3.63) is 58.6 Å². The Morgan fingerprint density at radius 2 is 2.00 bits per heavy atom. The molecule has 0 aliphatic rings. The van der Waals surface area contributed by atoms with Crippen LogP contribution in [0.15, 0.2) is 42.5 Å². The number of aliphatic hydroxyl groups excluding tert-OH is 1. The molecule has 3 nitrogen and oxygen atoms in total. The molecule has 0 fully saturated rings. The first-order chi connectivity index (χ1) is 9.06. The van der Waals surface area contributed by atoms with Gasteiger partial charge in [-0.25, -0.2) is 0 Å². The summed E-state index contributed by atoms with van der Waals surface area (Å²) in [6, 6.07) is 12.0. The Morgan fingerprint density at radius 3 is 2.68 bits per heavy atom. The highest BCUT2D eigenvalue weighted by Gasteiger charge is 2.10. The maximum atomic E-state index is 9.69. The third-order valence-corrected chi connectivity index (χ3v) is 2.96. The Morgan fingerprint density at radius 1 is 1.21 bits per heavy atom. The van der Waals surface area contributed by atoms with Crippen LogP contribution in [-0.2, 0) is 6.61 Å². The predicted octanol–water partition coefficient (Wildman–Crippen LogP) is 3.68. The molecule has 0 radical (unpaired) electrons. The van der Waals surface area contributed by atoms with Gasteiger partial charge in [-0.05, 0) is 42.8 Å². The quantitative estimate of drug-likeness (QED) is 0.897. The Labute approximate surface area is 117 Å². The molecule has 0 amide bonds. The first kappa shape index (κ1) is 13.7. The van der Waals surface area contributed by atoms with Crippen molar-refractivity contribution in [3.8, 4) is 11.5 Å². The van der Waals surface area contributed by atoms with E-state index in [1.165, 1.54) is 0 Å². The summed E-state index contributed by atoms with van der Waals surface area (Å²) in [5.74, 6) is 0.788. The maximum absolute atomic E-state index is 9.69. The van der Waals surface area contributed by atoms with Crippen LogP contribution in [0.2, 0.25) is 5.02 Å². The minimum absolute atomic E-state index is 0.202. The zero-order chi connectivity index (χ0) is 13.8. The van der Waals surface area contributed by atoms with Crippen LogP contribution in [0.25, 0.3) is 0 Å². The fraction of sp³-hybridized carbons (Fsp3) is 0.200. The summed E-state index contributed by atoms with van der Waals surface area (Å²) in [6.45, 7) is 1.97. The molecule has 1 atom stereocenters. The first-order valence-electron chi connectivity index (χ1n) is 5.94. The van der Waals surface area contributed by atoms with E-state index in [-0.39, 0.29) is 5.75 Å². The van der Waals surface area contributed by atoms with Gasteiger partial charge in [0, 0.05) is 10.6 Å². The lowest BCUT2D eigenvalue weighted by molar-refractivity contribution is 0.190. The second-order valence-corrected chi connectivity index (χ2v) is 4.75. The summed E-state index contributed by atoms with van der Waals surface area (Å²) in [7, 11) is 0. The Kier molecular flexibility index (Phi) is 4.30. The smallest absolute Gasteiger partial charge is 0.125 e. The van der Waals surface area contributed by atoms with Crippen molar-refractivity contribution in [2.75, 3.05) is 0 Å².